The maximum atomic E-state index is 12.0. The van der Waals surface area contributed by atoms with Gasteiger partial charge >= 0.3 is 0 Å². The molecule has 3 nitrogen and oxygen atoms in total. The maximum Gasteiger partial charge on any atom is 0.224 e. The molecule has 2 aromatic rings. The van der Waals surface area contributed by atoms with Gasteiger partial charge in [-0.05, 0) is 43.9 Å². The van der Waals surface area contributed by atoms with Crippen molar-refractivity contribution < 1.29 is 9.53 Å². The van der Waals surface area contributed by atoms with Crippen LogP contribution in [0.4, 0.5) is 5.69 Å². The number of aryl methyl sites for hydroxylation is 1. The number of anilines is 1. The van der Waals surface area contributed by atoms with E-state index in [1.807, 2.05) is 61.7 Å². The van der Waals surface area contributed by atoms with E-state index in [9.17, 15) is 4.79 Å². The van der Waals surface area contributed by atoms with Gasteiger partial charge in [0.1, 0.15) is 5.75 Å². The minimum Gasteiger partial charge on any atom is -0.494 e. The molecule has 0 saturated carbocycles. The number of amides is 1. The van der Waals surface area contributed by atoms with E-state index in [4.69, 9.17) is 4.74 Å². The van der Waals surface area contributed by atoms with Gasteiger partial charge in [0.25, 0.3) is 0 Å². The molecule has 0 atom stereocenters. The van der Waals surface area contributed by atoms with Crippen LogP contribution in [0.15, 0.2) is 53.4 Å². The van der Waals surface area contributed by atoms with E-state index in [2.05, 4.69) is 5.32 Å². The molecular formula is C18H21NO2S. The van der Waals surface area contributed by atoms with E-state index in [-0.39, 0.29) is 5.91 Å². The molecular weight excluding hydrogens is 294 g/mol. The first-order chi connectivity index (χ1) is 10.7. The van der Waals surface area contributed by atoms with Gasteiger partial charge in [0.2, 0.25) is 5.91 Å². The fourth-order valence-corrected chi connectivity index (χ4v) is 2.57. The highest BCUT2D eigenvalue weighted by molar-refractivity contribution is 7.98. The third-order valence-electron chi connectivity index (χ3n) is 3.22. The second kappa shape index (κ2) is 8.49. The van der Waals surface area contributed by atoms with Crippen molar-refractivity contribution in [1.82, 2.24) is 0 Å². The van der Waals surface area contributed by atoms with Crippen molar-refractivity contribution in [3.8, 4) is 5.75 Å². The third kappa shape index (κ3) is 5.11. The molecule has 0 spiro atoms. The summed E-state index contributed by atoms with van der Waals surface area (Å²) >= 11 is 1.62. The fraction of sp³-hybridized carbons (Fsp3) is 0.278. The molecule has 0 aromatic heterocycles. The van der Waals surface area contributed by atoms with Crippen LogP contribution in [0.1, 0.15) is 18.4 Å². The van der Waals surface area contributed by atoms with Crippen LogP contribution < -0.4 is 10.1 Å². The molecule has 0 aliphatic heterocycles. The van der Waals surface area contributed by atoms with Crippen molar-refractivity contribution >= 4 is 23.4 Å². The molecule has 0 fully saturated rings. The number of benzene rings is 2. The van der Waals surface area contributed by atoms with Crippen LogP contribution in [-0.4, -0.2) is 18.8 Å². The molecule has 0 bridgehead atoms. The Bertz CT molecular complexity index is 611. The van der Waals surface area contributed by atoms with E-state index < -0.39 is 0 Å². The summed E-state index contributed by atoms with van der Waals surface area (Å²) in [6, 6.07) is 15.7. The van der Waals surface area contributed by atoms with E-state index in [1.54, 1.807) is 11.8 Å². The van der Waals surface area contributed by atoms with Crippen LogP contribution in [0.5, 0.6) is 5.75 Å². The molecule has 0 aliphatic carbocycles. The Morgan fingerprint density at radius 3 is 2.59 bits per heavy atom. The van der Waals surface area contributed by atoms with Gasteiger partial charge in [-0.3, -0.25) is 4.79 Å². The maximum absolute atomic E-state index is 12.0. The summed E-state index contributed by atoms with van der Waals surface area (Å²) in [7, 11) is 0. The molecule has 0 aliphatic rings. The van der Waals surface area contributed by atoms with Gasteiger partial charge in [-0.2, -0.15) is 0 Å². The van der Waals surface area contributed by atoms with Crippen molar-refractivity contribution in [1.29, 1.82) is 0 Å². The quantitative estimate of drug-likeness (QED) is 0.603. The van der Waals surface area contributed by atoms with E-state index in [0.29, 0.717) is 19.4 Å². The lowest BCUT2D eigenvalue weighted by Gasteiger charge is -2.09. The smallest absolute Gasteiger partial charge is 0.224 e. The largest absolute Gasteiger partial charge is 0.494 e. The molecule has 0 heterocycles. The highest BCUT2D eigenvalue weighted by Gasteiger charge is 2.06. The van der Waals surface area contributed by atoms with Gasteiger partial charge in [-0.25, -0.2) is 0 Å². The summed E-state index contributed by atoms with van der Waals surface area (Å²) in [6.45, 7) is 2.58. The van der Waals surface area contributed by atoms with Crippen LogP contribution in [-0.2, 0) is 4.79 Å². The molecule has 0 radical (unpaired) electrons. The first-order valence-electron chi connectivity index (χ1n) is 7.31. The number of thioether (sulfide) groups is 1. The molecule has 1 N–H and O–H groups in total. The number of carbonyl (C=O) groups is 1. The molecule has 4 heteroatoms. The summed E-state index contributed by atoms with van der Waals surface area (Å²) in [4.78, 5) is 13.0. The minimum absolute atomic E-state index is 0.0222. The highest BCUT2D eigenvalue weighted by atomic mass is 32.2. The van der Waals surface area contributed by atoms with E-state index in [0.717, 1.165) is 16.3 Å². The average Bonchev–Trinajstić information content (AvgIpc) is 2.54. The minimum atomic E-state index is 0.0222. The topological polar surface area (TPSA) is 38.3 Å². The van der Waals surface area contributed by atoms with Crippen LogP contribution in [0.2, 0.25) is 0 Å². The molecule has 2 rings (SSSR count). The number of para-hydroxylation sites is 1. The Kier molecular flexibility index (Phi) is 6.34. The predicted octanol–water partition coefficient (Wildman–Crippen LogP) is 4.51. The van der Waals surface area contributed by atoms with Gasteiger partial charge in [-0.1, -0.05) is 29.8 Å². The van der Waals surface area contributed by atoms with Crippen molar-refractivity contribution in [2.45, 2.75) is 24.7 Å². The van der Waals surface area contributed by atoms with Crippen molar-refractivity contribution in [3.63, 3.8) is 0 Å². The monoisotopic (exact) mass is 315 g/mol. The van der Waals surface area contributed by atoms with Crippen LogP contribution >= 0.6 is 11.8 Å². The van der Waals surface area contributed by atoms with Crippen LogP contribution in [0, 0.1) is 6.92 Å². The Balaban J connectivity index is 1.72. The van der Waals surface area contributed by atoms with Crippen LogP contribution in [0.25, 0.3) is 0 Å². The lowest BCUT2D eigenvalue weighted by molar-refractivity contribution is -0.116. The molecule has 1 amide bonds. The second-order valence-corrected chi connectivity index (χ2v) is 5.86. The third-order valence-corrected chi connectivity index (χ3v) is 4.01. The summed E-state index contributed by atoms with van der Waals surface area (Å²) in [5, 5.41) is 2.95. The zero-order chi connectivity index (χ0) is 15.8. The number of nitrogens with one attached hydrogen (secondary N) is 1. The molecule has 0 unspecified atom stereocenters. The zero-order valence-electron chi connectivity index (χ0n) is 13.0. The van der Waals surface area contributed by atoms with Gasteiger partial charge in [0.05, 0.1) is 12.3 Å². The normalized spacial score (nSPS) is 10.3. The summed E-state index contributed by atoms with van der Waals surface area (Å²) in [5.41, 5.74) is 2.08. The number of rotatable bonds is 7. The molecule has 0 saturated heterocycles. The SMILES string of the molecule is CSc1ccccc1NC(=O)CCCOc1ccc(C)cc1. The Morgan fingerprint density at radius 2 is 1.86 bits per heavy atom. The summed E-state index contributed by atoms with van der Waals surface area (Å²) in [6.07, 6.45) is 3.15. The standard InChI is InChI=1S/C18H21NO2S/c1-14-9-11-15(12-10-14)21-13-5-8-18(20)19-16-6-3-4-7-17(16)22-2/h3-4,6-7,9-12H,5,8,13H2,1-2H3,(H,19,20). The summed E-state index contributed by atoms with van der Waals surface area (Å²) in [5.74, 6) is 0.868. The average molecular weight is 315 g/mol. The van der Waals surface area contributed by atoms with Crippen molar-refractivity contribution in [2.24, 2.45) is 0 Å². The van der Waals surface area contributed by atoms with Gasteiger partial charge in [0, 0.05) is 11.3 Å². The van der Waals surface area contributed by atoms with E-state index in [1.165, 1.54) is 5.56 Å². The first kappa shape index (κ1) is 16.4. The van der Waals surface area contributed by atoms with E-state index >= 15 is 0 Å². The fourth-order valence-electron chi connectivity index (χ4n) is 2.02. The molecule has 2 aromatic carbocycles. The Hall–Kier alpha value is -1.94. The lowest BCUT2D eigenvalue weighted by Crippen LogP contribution is -2.13. The Morgan fingerprint density at radius 1 is 1.14 bits per heavy atom. The highest BCUT2D eigenvalue weighted by Crippen LogP contribution is 2.24. The predicted molar refractivity (Wildman–Crippen MR) is 92.8 cm³/mol. The zero-order valence-corrected chi connectivity index (χ0v) is 13.8. The molecule has 22 heavy (non-hydrogen) atoms. The van der Waals surface area contributed by atoms with Gasteiger partial charge < -0.3 is 10.1 Å². The molecule has 116 valence electrons. The second-order valence-electron chi connectivity index (χ2n) is 5.01. The first-order valence-corrected chi connectivity index (χ1v) is 8.54. The lowest BCUT2D eigenvalue weighted by atomic mass is 10.2. The number of carbonyl (C=O) groups excluding carboxylic acids is 1. The number of ether oxygens (including phenoxy) is 1. The number of hydrogen-bond donors (Lipinski definition) is 1. The number of hydrogen-bond acceptors (Lipinski definition) is 3. The van der Waals surface area contributed by atoms with Gasteiger partial charge in [0.15, 0.2) is 0 Å². The summed E-state index contributed by atoms with van der Waals surface area (Å²) < 4.78 is 5.62. The van der Waals surface area contributed by atoms with Crippen molar-refractivity contribution in [3.05, 3.63) is 54.1 Å². The van der Waals surface area contributed by atoms with Crippen molar-refractivity contribution in [2.75, 3.05) is 18.2 Å². The van der Waals surface area contributed by atoms with Gasteiger partial charge in [-0.15, -0.1) is 11.8 Å². The Labute approximate surface area is 136 Å². The van der Waals surface area contributed by atoms with Crippen LogP contribution in [0.3, 0.4) is 0 Å².